The highest BCUT2D eigenvalue weighted by molar-refractivity contribution is 5.78. The van der Waals surface area contributed by atoms with Gasteiger partial charge in [-0.25, -0.2) is 9.97 Å². The summed E-state index contributed by atoms with van der Waals surface area (Å²) in [5.74, 6) is 0.767. The lowest BCUT2D eigenvalue weighted by Gasteiger charge is -2.37. The zero-order valence-electron chi connectivity index (χ0n) is 16.4. The molecule has 2 fully saturated rings. The van der Waals surface area contributed by atoms with Gasteiger partial charge in [-0.05, 0) is 44.4 Å². The Kier molecular flexibility index (Phi) is 4.85. The SMILES string of the molecule is Cc1cc(-c2ccc(C(F)(F)F)cc2)nc([C@H]2CC[C@@]3(CCN(C)C(=O)C3)N2)n1. The Hall–Kier alpha value is -2.48. The predicted molar refractivity (Wildman–Crippen MR) is 102 cm³/mol. The van der Waals surface area contributed by atoms with E-state index in [9.17, 15) is 18.0 Å². The molecular weight excluding hydrogens is 381 g/mol. The van der Waals surface area contributed by atoms with Crippen LogP contribution in [0.15, 0.2) is 30.3 Å². The first-order valence-corrected chi connectivity index (χ1v) is 9.70. The molecule has 154 valence electrons. The summed E-state index contributed by atoms with van der Waals surface area (Å²) in [6.45, 7) is 2.58. The summed E-state index contributed by atoms with van der Waals surface area (Å²) < 4.78 is 38.5. The molecule has 8 heteroatoms. The lowest BCUT2D eigenvalue weighted by Crippen LogP contribution is -2.52. The molecule has 0 aliphatic carbocycles. The van der Waals surface area contributed by atoms with Crippen molar-refractivity contribution in [2.24, 2.45) is 0 Å². The standard InChI is InChI=1S/C21H23F3N4O/c1-13-11-17(14-3-5-15(6-4-14)21(22,23)24)26-19(25-13)16-7-8-20(27-16)9-10-28(2)18(29)12-20/h3-6,11,16,27H,7-10,12H2,1-2H3/t16-,20+/m1/s1. The molecule has 1 aromatic carbocycles. The maximum Gasteiger partial charge on any atom is 0.416 e. The number of rotatable bonds is 2. The second-order valence-corrected chi connectivity index (χ2v) is 8.09. The summed E-state index contributed by atoms with van der Waals surface area (Å²) >= 11 is 0. The topological polar surface area (TPSA) is 58.1 Å². The van der Waals surface area contributed by atoms with Crippen molar-refractivity contribution in [3.8, 4) is 11.3 Å². The van der Waals surface area contributed by atoms with Gasteiger partial charge < -0.3 is 10.2 Å². The molecule has 2 aliphatic rings. The van der Waals surface area contributed by atoms with Crippen molar-refractivity contribution in [2.75, 3.05) is 13.6 Å². The number of carbonyl (C=O) groups excluding carboxylic acids is 1. The predicted octanol–water partition coefficient (Wildman–Crippen LogP) is 3.89. The lowest BCUT2D eigenvalue weighted by molar-refractivity contribution is -0.137. The molecular formula is C21H23F3N4O. The molecule has 1 aromatic heterocycles. The van der Waals surface area contributed by atoms with Gasteiger partial charge in [0, 0.05) is 36.8 Å². The number of benzene rings is 1. The van der Waals surface area contributed by atoms with Gasteiger partial charge in [-0.3, -0.25) is 4.79 Å². The Morgan fingerprint density at radius 3 is 2.55 bits per heavy atom. The number of hydrogen-bond donors (Lipinski definition) is 1. The number of nitrogens with one attached hydrogen (secondary N) is 1. The number of aryl methyl sites for hydroxylation is 1. The van der Waals surface area contributed by atoms with Crippen molar-refractivity contribution < 1.29 is 18.0 Å². The molecule has 0 saturated carbocycles. The van der Waals surface area contributed by atoms with Crippen LogP contribution in [0, 0.1) is 6.92 Å². The van der Waals surface area contributed by atoms with E-state index in [1.54, 1.807) is 11.0 Å². The minimum atomic E-state index is -4.36. The number of amides is 1. The first-order chi connectivity index (χ1) is 13.7. The van der Waals surface area contributed by atoms with Crippen LogP contribution in [0.25, 0.3) is 11.3 Å². The molecule has 1 spiro atoms. The van der Waals surface area contributed by atoms with Crippen LogP contribution in [0.3, 0.4) is 0 Å². The largest absolute Gasteiger partial charge is 0.416 e. The van der Waals surface area contributed by atoms with Gasteiger partial charge in [0.25, 0.3) is 0 Å². The third-order valence-electron chi connectivity index (χ3n) is 5.92. The molecule has 3 heterocycles. The molecule has 5 nitrogen and oxygen atoms in total. The number of likely N-dealkylation sites (tertiary alicyclic amines) is 1. The van der Waals surface area contributed by atoms with Crippen molar-refractivity contribution >= 4 is 5.91 Å². The lowest BCUT2D eigenvalue weighted by atomic mass is 9.86. The number of aromatic nitrogens is 2. The highest BCUT2D eigenvalue weighted by Crippen LogP contribution is 2.39. The second kappa shape index (κ2) is 7.09. The Morgan fingerprint density at radius 1 is 1.17 bits per heavy atom. The van der Waals surface area contributed by atoms with E-state index < -0.39 is 11.7 Å². The number of piperidine rings is 1. The quantitative estimate of drug-likeness (QED) is 0.825. The van der Waals surface area contributed by atoms with E-state index in [-0.39, 0.29) is 17.5 Å². The van der Waals surface area contributed by atoms with Crippen LogP contribution in [0.2, 0.25) is 0 Å². The fraction of sp³-hybridized carbons (Fsp3) is 0.476. The Labute approximate surface area is 167 Å². The van der Waals surface area contributed by atoms with Crippen molar-refractivity contribution in [2.45, 2.75) is 50.4 Å². The van der Waals surface area contributed by atoms with Crippen LogP contribution in [0.5, 0.6) is 0 Å². The Balaban J connectivity index is 1.57. The molecule has 29 heavy (non-hydrogen) atoms. The summed E-state index contributed by atoms with van der Waals surface area (Å²) in [6, 6.07) is 6.72. The molecule has 2 atom stereocenters. The smallest absolute Gasteiger partial charge is 0.346 e. The summed E-state index contributed by atoms with van der Waals surface area (Å²) in [6.07, 6.45) is -1.29. The number of alkyl halides is 3. The zero-order valence-corrected chi connectivity index (χ0v) is 16.4. The molecule has 2 saturated heterocycles. The molecule has 4 rings (SSSR count). The van der Waals surface area contributed by atoms with Crippen molar-refractivity contribution in [3.05, 3.63) is 47.4 Å². The van der Waals surface area contributed by atoms with Crippen LogP contribution in [0.1, 0.15) is 48.8 Å². The van der Waals surface area contributed by atoms with Gasteiger partial charge in [-0.1, -0.05) is 12.1 Å². The summed E-state index contributed by atoms with van der Waals surface area (Å²) in [7, 11) is 1.82. The van der Waals surface area contributed by atoms with Gasteiger partial charge in [-0.2, -0.15) is 13.2 Å². The van der Waals surface area contributed by atoms with Crippen LogP contribution >= 0.6 is 0 Å². The average molecular weight is 404 g/mol. The third kappa shape index (κ3) is 3.99. The molecule has 0 unspecified atom stereocenters. The molecule has 0 radical (unpaired) electrons. The molecule has 1 amide bonds. The first kappa shape index (κ1) is 19.8. The van der Waals surface area contributed by atoms with E-state index in [4.69, 9.17) is 0 Å². The summed E-state index contributed by atoms with van der Waals surface area (Å²) in [4.78, 5) is 23.1. The zero-order chi connectivity index (χ0) is 20.8. The number of halogens is 3. The number of carbonyl (C=O) groups is 1. The van der Waals surface area contributed by atoms with E-state index in [0.717, 1.165) is 43.6 Å². The summed E-state index contributed by atoms with van der Waals surface area (Å²) in [5.41, 5.74) is 1.08. The molecule has 2 aliphatic heterocycles. The summed E-state index contributed by atoms with van der Waals surface area (Å²) in [5, 5.41) is 3.59. The van der Waals surface area contributed by atoms with Gasteiger partial charge in [0.15, 0.2) is 0 Å². The van der Waals surface area contributed by atoms with Crippen molar-refractivity contribution in [1.29, 1.82) is 0 Å². The third-order valence-corrected chi connectivity index (χ3v) is 5.92. The first-order valence-electron chi connectivity index (χ1n) is 9.70. The normalized spacial score (nSPS) is 25.1. The maximum absolute atomic E-state index is 12.8. The second-order valence-electron chi connectivity index (χ2n) is 8.09. The molecule has 1 N–H and O–H groups in total. The van der Waals surface area contributed by atoms with Crippen LogP contribution < -0.4 is 5.32 Å². The van der Waals surface area contributed by atoms with Crippen molar-refractivity contribution in [1.82, 2.24) is 20.2 Å². The molecule has 2 aromatic rings. The minimum Gasteiger partial charge on any atom is -0.346 e. The van der Waals surface area contributed by atoms with E-state index in [2.05, 4.69) is 15.3 Å². The monoisotopic (exact) mass is 404 g/mol. The number of hydrogen-bond acceptors (Lipinski definition) is 4. The maximum atomic E-state index is 12.8. The van der Waals surface area contributed by atoms with Crippen molar-refractivity contribution in [3.63, 3.8) is 0 Å². The van der Waals surface area contributed by atoms with Crippen LogP contribution in [-0.2, 0) is 11.0 Å². The van der Waals surface area contributed by atoms with Gasteiger partial charge in [0.2, 0.25) is 5.91 Å². The van der Waals surface area contributed by atoms with E-state index in [1.165, 1.54) is 12.1 Å². The van der Waals surface area contributed by atoms with E-state index in [0.29, 0.717) is 23.5 Å². The van der Waals surface area contributed by atoms with Crippen LogP contribution in [-0.4, -0.2) is 39.9 Å². The highest BCUT2D eigenvalue weighted by atomic mass is 19.4. The minimum absolute atomic E-state index is 0.0701. The van der Waals surface area contributed by atoms with E-state index >= 15 is 0 Å². The van der Waals surface area contributed by atoms with Gasteiger partial charge in [-0.15, -0.1) is 0 Å². The highest BCUT2D eigenvalue weighted by Gasteiger charge is 2.44. The van der Waals surface area contributed by atoms with Crippen LogP contribution in [0.4, 0.5) is 13.2 Å². The Bertz CT molecular complexity index is 929. The average Bonchev–Trinajstić information content (AvgIpc) is 3.08. The van der Waals surface area contributed by atoms with E-state index in [1.807, 2.05) is 14.0 Å². The van der Waals surface area contributed by atoms with Gasteiger partial charge in [0.05, 0.1) is 17.3 Å². The number of nitrogens with zero attached hydrogens (tertiary/aromatic N) is 3. The molecule has 0 bridgehead atoms. The fourth-order valence-corrected chi connectivity index (χ4v) is 4.21. The van der Waals surface area contributed by atoms with Gasteiger partial charge >= 0.3 is 6.18 Å². The van der Waals surface area contributed by atoms with Gasteiger partial charge in [0.1, 0.15) is 5.82 Å². The Morgan fingerprint density at radius 2 is 1.90 bits per heavy atom. The fourth-order valence-electron chi connectivity index (χ4n) is 4.21.